The minimum atomic E-state index is -1.05. The third-order valence-electron chi connectivity index (χ3n) is 1.19. The molecule has 58 valence electrons. The zero-order chi connectivity index (χ0) is 8.43. The maximum absolute atomic E-state index is 10.4. The monoisotopic (exact) mass is 153 g/mol. The summed E-state index contributed by atoms with van der Waals surface area (Å²) >= 11 is 0. The van der Waals surface area contributed by atoms with Gasteiger partial charge in [-0.25, -0.2) is 4.79 Å². The van der Waals surface area contributed by atoms with E-state index in [1.165, 1.54) is 0 Å². The average molecular weight is 153 g/mol. The van der Waals surface area contributed by atoms with Crippen LogP contribution in [0.15, 0.2) is 17.3 Å². The molecule has 0 aromatic carbocycles. The van der Waals surface area contributed by atoms with E-state index in [1.807, 2.05) is 0 Å². The van der Waals surface area contributed by atoms with Gasteiger partial charge in [-0.2, -0.15) is 0 Å². The van der Waals surface area contributed by atoms with Crippen LogP contribution in [0.3, 0.4) is 0 Å². The van der Waals surface area contributed by atoms with Gasteiger partial charge < -0.3 is 9.63 Å². The van der Waals surface area contributed by atoms with Crippen LogP contribution in [-0.2, 0) is 0 Å². The Kier molecular flexibility index (Phi) is 1.76. The number of allylic oxidation sites excluding steroid dienone is 1. The van der Waals surface area contributed by atoms with Crippen molar-refractivity contribution in [3.63, 3.8) is 0 Å². The number of carbonyl (C=O) groups is 1. The van der Waals surface area contributed by atoms with E-state index in [4.69, 9.17) is 5.11 Å². The smallest absolute Gasteiger partial charge is 0.341 e. The fourth-order valence-corrected chi connectivity index (χ4v) is 0.700. The van der Waals surface area contributed by atoms with Crippen LogP contribution in [-0.4, -0.2) is 16.2 Å². The molecule has 1 N–H and O–H groups in total. The normalized spacial score (nSPS) is 9.55. The maximum Gasteiger partial charge on any atom is 0.341 e. The van der Waals surface area contributed by atoms with E-state index in [9.17, 15) is 4.79 Å². The fourth-order valence-electron chi connectivity index (χ4n) is 0.700. The molecule has 4 nitrogen and oxygen atoms in total. The molecule has 0 aliphatic rings. The summed E-state index contributed by atoms with van der Waals surface area (Å²) in [5.74, 6) is -0.818. The van der Waals surface area contributed by atoms with Gasteiger partial charge in [-0.3, -0.25) is 0 Å². The highest BCUT2D eigenvalue weighted by Gasteiger charge is 2.14. The van der Waals surface area contributed by atoms with Crippen molar-refractivity contribution in [1.82, 2.24) is 5.16 Å². The summed E-state index contributed by atoms with van der Waals surface area (Å²) in [6.45, 7) is 5.20. The van der Waals surface area contributed by atoms with E-state index in [1.54, 1.807) is 6.92 Å². The van der Waals surface area contributed by atoms with Gasteiger partial charge >= 0.3 is 5.97 Å². The van der Waals surface area contributed by atoms with Gasteiger partial charge in [-0.1, -0.05) is 11.7 Å². The van der Waals surface area contributed by atoms with Crippen molar-refractivity contribution in [3.05, 3.63) is 24.1 Å². The third-order valence-corrected chi connectivity index (χ3v) is 1.19. The predicted octanol–water partition coefficient (Wildman–Crippen LogP) is 1.41. The van der Waals surface area contributed by atoms with Crippen molar-refractivity contribution < 1.29 is 14.4 Å². The predicted molar refractivity (Wildman–Crippen MR) is 38.2 cm³/mol. The SMILES string of the molecule is C=C(C)c1oncc1C(=O)O. The van der Waals surface area contributed by atoms with E-state index in [0.717, 1.165) is 6.20 Å². The van der Waals surface area contributed by atoms with Gasteiger partial charge in [-0.05, 0) is 12.5 Å². The Morgan fingerprint density at radius 2 is 2.45 bits per heavy atom. The Labute approximate surface area is 63.1 Å². The molecule has 0 aliphatic heterocycles. The lowest BCUT2D eigenvalue weighted by Gasteiger charge is -1.91. The molecule has 1 heterocycles. The van der Waals surface area contributed by atoms with E-state index < -0.39 is 5.97 Å². The number of nitrogens with zero attached hydrogens (tertiary/aromatic N) is 1. The van der Waals surface area contributed by atoms with Crippen molar-refractivity contribution in [2.75, 3.05) is 0 Å². The zero-order valence-electron chi connectivity index (χ0n) is 6.00. The molecule has 1 aromatic heterocycles. The lowest BCUT2D eigenvalue weighted by Crippen LogP contribution is -1.96. The van der Waals surface area contributed by atoms with Crippen molar-refractivity contribution in [1.29, 1.82) is 0 Å². The van der Waals surface area contributed by atoms with Crippen LogP contribution in [0.4, 0.5) is 0 Å². The van der Waals surface area contributed by atoms with E-state index in [-0.39, 0.29) is 11.3 Å². The van der Waals surface area contributed by atoms with Gasteiger partial charge in [-0.15, -0.1) is 0 Å². The maximum atomic E-state index is 10.4. The van der Waals surface area contributed by atoms with Crippen molar-refractivity contribution in [3.8, 4) is 0 Å². The second-order valence-electron chi connectivity index (χ2n) is 2.15. The molecule has 11 heavy (non-hydrogen) atoms. The second-order valence-corrected chi connectivity index (χ2v) is 2.15. The molecule has 1 aromatic rings. The topological polar surface area (TPSA) is 63.3 Å². The number of carboxylic acid groups (broad SMARTS) is 1. The Morgan fingerprint density at radius 1 is 1.82 bits per heavy atom. The minimum absolute atomic E-state index is 0.0532. The van der Waals surface area contributed by atoms with Crippen molar-refractivity contribution in [2.45, 2.75) is 6.92 Å². The van der Waals surface area contributed by atoms with Gasteiger partial charge in [0.05, 0.1) is 6.20 Å². The van der Waals surface area contributed by atoms with Crippen molar-refractivity contribution in [2.24, 2.45) is 0 Å². The minimum Gasteiger partial charge on any atom is -0.477 e. The molecule has 4 heteroatoms. The van der Waals surface area contributed by atoms with Gasteiger partial charge in [0.15, 0.2) is 5.76 Å². The molecular weight excluding hydrogens is 146 g/mol. The molecule has 0 fully saturated rings. The standard InChI is InChI=1S/C7H7NO3/c1-4(2)6-5(7(9)10)3-8-11-6/h3H,1H2,2H3,(H,9,10). The van der Waals surface area contributed by atoms with Crippen LogP contribution >= 0.6 is 0 Å². The average Bonchev–Trinajstić information content (AvgIpc) is 2.32. The summed E-state index contributed by atoms with van der Waals surface area (Å²) in [6, 6.07) is 0. The number of aromatic nitrogens is 1. The second kappa shape index (κ2) is 2.57. The first-order chi connectivity index (χ1) is 5.13. The van der Waals surface area contributed by atoms with Crippen LogP contribution in [0, 0.1) is 0 Å². The van der Waals surface area contributed by atoms with Crippen LogP contribution < -0.4 is 0 Å². The quantitative estimate of drug-likeness (QED) is 0.697. The molecule has 0 saturated heterocycles. The highest BCUT2D eigenvalue weighted by atomic mass is 16.5. The van der Waals surface area contributed by atoms with Gasteiger partial charge in [0, 0.05) is 0 Å². The summed E-state index contributed by atoms with van der Waals surface area (Å²) in [7, 11) is 0. The van der Waals surface area contributed by atoms with Gasteiger partial charge in [0.25, 0.3) is 0 Å². The number of hydrogen-bond acceptors (Lipinski definition) is 3. The number of aromatic carboxylic acids is 1. The Morgan fingerprint density at radius 3 is 2.82 bits per heavy atom. The number of rotatable bonds is 2. The molecule has 0 aliphatic carbocycles. The van der Waals surface area contributed by atoms with Crippen LogP contribution in [0.25, 0.3) is 5.57 Å². The Balaban J connectivity index is 3.16. The first-order valence-electron chi connectivity index (χ1n) is 2.96. The Hall–Kier alpha value is -1.58. The highest BCUT2D eigenvalue weighted by molar-refractivity contribution is 5.91. The molecule has 0 radical (unpaired) electrons. The van der Waals surface area contributed by atoms with Gasteiger partial charge in [0.2, 0.25) is 0 Å². The summed E-state index contributed by atoms with van der Waals surface area (Å²) in [5.41, 5.74) is 0.609. The first kappa shape index (κ1) is 7.53. The van der Waals surface area contributed by atoms with Crippen LogP contribution in [0.2, 0.25) is 0 Å². The molecule has 0 spiro atoms. The fraction of sp³-hybridized carbons (Fsp3) is 0.143. The highest BCUT2D eigenvalue weighted by Crippen LogP contribution is 2.15. The molecule has 0 bridgehead atoms. The summed E-state index contributed by atoms with van der Waals surface area (Å²) < 4.78 is 4.66. The van der Waals surface area contributed by atoms with Crippen LogP contribution in [0.5, 0.6) is 0 Å². The molecule has 0 saturated carbocycles. The molecule has 0 atom stereocenters. The van der Waals surface area contributed by atoms with Crippen molar-refractivity contribution >= 4 is 11.5 Å². The molecule has 1 rings (SSSR count). The number of hydrogen-bond donors (Lipinski definition) is 1. The van der Waals surface area contributed by atoms with Crippen LogP contribution in [0.1, 0.15) is 23.0 Å². The molecule has 0 amide bonds. The van der Waals surface area contributed by atoms with Gasteiger partial charge in [0.1, 0.15) is 5.56 Å². The Bertz CT molecular complexity index is 272. The molecular formula is C7H7NO3. The lowest BCUT2D eigenvalue weighted by atomic mass is 10.2. The van der Waals surface area contributed by atoms with E-state index in [2.05, 4.69) is 16.3 Å². The molecule has 0 unspecified atom stereocenters. The van der Waals surface area contributed by atoms with E-state index in [0.29, 0.717) is 5.57 Å². The summed E-state index contributed by atoms with van der Waals surface area (Å²) in [5, 5.41) is 11.9. The largest absolute Gasteiger partial charge is 0.477 e. The zero-order valence-corrected chi connectivity index (χ0v) is 6.00. The summed E-state index contributed by atoms with van der Waals surface area (Å²) in [6.07, 6.45) is 1.16. The first-order valence-corrected chi connectivity index (χ1v) is 2.96. The lowest BCUT2D eigenvalue weighted by molar-refractivity contribution is 0.0695. The number of carboxylic acids is 1. The van der Waals surface area contributed by atoms with E-state index >= 15 is 0 Å². The third kappa shape index (κ3) is 1.29. The summed E-state index contributed by atoms with van der Waals surface area (Å²) in [4.78, 5) is 10.4.